The van der Waals surface area contributed by atoms with Crippen LogP contribution in [0.15, 0.2) is 16.5 Å². The first kappa shape index (κ1) is 13.6. The van der Waals surface area contributed by atoms with E-state index in [2.05, 4.69) is 13.8 Å². The molecule has 0 radical (unpaired) electrons. The number of hydrogen-bond donors (Lipinski definition) is 1. The van der Waals surface area contributed by atoms with E-state index in [1.165, 1.54) is 12.8 Å². The highest BCUT2D eigenvalue weighted by atomic mass is 16.5. The molecule has 102 valence electrons. The molecule has 0 spiro atoms. The third-order valence-electron chi connectivity index (χ3n) is 3.94. The summed E-state index contributed by atoms with van der Waals surface area (Å²) in [7, 11) is 0. The third-order valence-corrected chi connectivity index (χ3v) is 3.94. The van der Waals surface area contributed by atoms with E-state index in [0.717, 1.165) is 24.4 Å². The Hall–Kier alpha value is -0.800. The fourth-order valence-electron chi connectivity index (χ4n) is 2.61. The van der Waals surface area contributed by atoms with E-state index >= 15 is 0 Å². The number of furan rings is 1. The van der Waals surface area contributed by atoms with Crippen molar-refractivity contribution in [1.82, 2.24) is 0 Å². The molecule has 18 heavy (non-hydrogen) atoms. The van der Waals surface area contributed by atoms with Gasteiger partial charge in [0.1, 0.15) is 17.6 Å². The second-order valence-electron chi connectivity index (χ2n) is 6.17. The largest absolute Gasteiger partial charge is 0.464 e. The molecule has 3 nitrogen and oxygen atoms in total. The summed E-state index contributed by atoms with van der Waals surface area (Å²) in [5.41, 5.74) is 6.27. The molecule has 1 aliphatic carbocycles. The molecule has 1 heterocycles. The highest BCUT2D eigenvalue weighted by molar-refractivity contribution is 5.08. The van der Waals surface area contributed by atoms with Crippen molar-refractivity contribution >= 4 is 0 Å². The molecule has 1 aromatic heterocycles. The van der Waals surface area contributed by atoms with Gasteiger partial charge in [0, 0.05) is 6.54 Å². The van der Waals surface area contributed by atoms with Crippen LogP contribution >= 0.6 is 0 Å². The van der Waals surface area contributed by atoms with Gasteiger partial charge in [0.2, 0.25) is 0 Å². The monoisotopic (exact) mass is 251 g/mol. The predicted molar refractivity (Wildman–Crippen MR) is 72.4 cm³/mol. The van der Waals surface area contributed by atoms with Gasteiger partial charge in [0.05, 0.1) is 6.10 Å². The van der Waals surface area contributed by atoms with Crippen molar-refractivity contribution in [2.75, 3.05) is 6.54 Å². The number of ether oxygens (including phenoxy) is 1. The summed E-state index contributed by atoms with van der Waals surface area (Å²) in [5, 5.41) is 0. The minimum absolute atomic E-state index is 0.0927. The van der Waals surface area contributed by atoms with Crippen LogP contribution in [-0.2, 0) is 4.74 Å². The third kappa shape index (κ3) is 3.36. The molecule has 0 aromatic carbocycles. The van der Waals surface area contributed by atoms with Crippen LogP contribution in [-0.4, -0.2) is 12.6 Å². The molecule has 1 atom stereocenters. The summed E-state index contributed by atoms with van der Waals surface area (Å²) in [6.07, 6.45) is 4.95. The topological polar surface area (TPSA) is 48.4 Å². The van der Waals surface area contributed by atoms with Gasteiger partial charge in [-0.05, 0) is 50.2 Å². The van der Waals surface area contributed by atoms with E-state index in [1.807, 2.05) is 19.1 Å². The van der Waals surface area contributed by atoms with Crippen LogP contribution in [0.3, 0.4) is 0 Å². The Balaban J connectivity index is 1.92. The van der Waals surface area contributed by atoms with Gasteiger partial charge in [-0.25, -0.2) is 0 Å². The average molecular weight is 251 g/mol. The molecule has 0 saturated heterocycles. The minimum atomic E-state index is -0.0927. The fraction of sp³-hybridized carbons (Fsp3) is 0.733. The van der Waals surface area contributed by atoms with Crippen molar-refractivity contribution in [3.05, 3.63) is 23.7 Å². The van der Waals surface area contributed by atoms with Gasteiger partial charge in [0.15, 0.2) is 0 Å². The molecule has 0 amide bonds. The number of hydrogen-bond acceptors (Lipinski definition) is 3. The zero-order valence-corrected chi connectivity index (χ0v) is 11.7. The number of nitrogens with two attached hydrogens (primary N) is 1. The smallest absolute Gasteiger partial charge is 0.134 e. The number of rotatable bonds is 4. The van der Waals surface area contributed by atoms with Gasteiger partial charge in [-0.15, -0.1) is 0 Å². The van der Waals surface area contributed by atoms with E-state index in [4.69, 9.17) is 14.9 Å². The van der Waals surface area contributed by atoms with Gasteiger partial charge in [-0.2, -0.15) is 0 Å². The maximum atomic E-state index is 6.11. The maximum absolute atomic E-state index is 6.11. The Morgan fingerprint density at radius 1 is 1.39 bits per heavy atom. The first-order valence-corrected chi connectivity index (χ1v) is 6.92. The quantitative estimate of drug-likeness (QED) is 0.890. The van der Waals surface area contributed by atoms with Crippen LogP contribution in [0.1, 0.15) is 57.2 Å². The van der Waals surface area contributed by atoms with Crippen LogP contribution in [0.2, 0.25) is 0 Å². The second kappa shape index (κ2) is 5.45. The van der Waals surface area contributed by atoms with Crippen molar-refractivity contribution in [3.63, 3.8) is 0 Å². The summed E-state index contributed by atoms with van der Waals surface area (Å²) in [5.74, 6) is 1.77. The SMILES string of the molecule is Cc1ccc(C(CN)OC2CCC(C)(C)CC2)o1. The molecular weight excluding hydrogens is 226 g/mol. The van der Waals surface area contributed by atoms with Crippen molar-refractivity contribution in [2.45, 2.75) is 58.7 Å². The van der Waals surface area contributed by atoms with Crippen molar-refractivity contribution in [1.29, 1.82) is 0 Å². The fourth-order valence-corrected chi connectivity index (χ4v) is 2.61. The molecule has 1 aliphatic rings. The first-order valence-electron chi connectivity index (χ1n) is 6.92. The maximum Gasteiger partial charge on any atom is 0.134 e. The van der Waals surface area contributed by atoms with Crippen LogP contribution in [0, 0.1) is 12.3 Å². The molecule has 1 aromatic rings. The molecule has 2 rings (SSSR count). The van der Waals surface area contributed by atoms with Gasteiger partial charge in [0.25, 0.3) is 0 Å². The lowest BCUT2D eigenvalue weighted by Gasteiger charge is -2.35. The highest BCUT2D eigenvalue weighted by Crippen LogP contribution is 2.37. The van der Waals surface area contributed by atoms with Gasteiger partial charge >= 0.3 is 0 Å². The average Bonchev–Trinajstić information content (AvgIpc) is 2.74. The Morgan fingerprint density at radius 3 is 2.56 bits per heavy atom. The molecule has 3 heteroatoms. The molecule has 0 aliphatic heterocycles. The van der Waals surface area contributed by atoms with E-state index < -0.39 is 0 Å². The summed E-state index contributed by atoms with van der Waals surface area (Å²) < 4.78 is 11.7. The Labute approximate surface area is 110 Å². The second-order valence-corrected chi connectivity index (χ2v) is 6.17. The zero-order valence-electron chi connectivity index (χ0n) is 11.7. The molecule has 1 saturated carbocycles. The van der Waals surface area contributed by atoms with Crippen molar-refractivity contribution in [2.24, 2.45) is 11.1 Å². The minimum Gasteiger partial charge on any atom is -0.464 e. The Morgan fingerprint density at radius 2 is 2.06 bits per heavy atom. The standard InChI is InChI=1S/C15H25NO2/c1-11-4-5-13(17-11)14(10-16)18-12-6-8-15(2,3)9-7-12/h4-5,12,14H,6-10,16H2,1-3H3. The van der Waals surface area contributed by atoms with Crippen LogP contribution < -0.4 is 5.73 Å². The van der Waals surface area contributed by atoms with Crippen LogP contribution in [0.25, 0.3) is 0 Å². The molecular formula is C15H25NO2. The number of aryl methyl sites for hydroxylation is 1. The summed E-state index contributed by atoms with van der Waals surface area (Å²) in [6, 6.07) is 3.94. The Bertz CT molecular complexity index is 374. The lowest BCUT2D eigenvalue weighted by atomic mass is 9.76. The normalized spacial score (nSPS) is 22.0. The van der Waals surface area contributed by atoms with E-state index in [9.17, 15) is 0 Å². The lowest BCUT2D eigenvalue weighted by molar-refractivity contribution is -0.0509. The van der Waals surface area contributed by atoms with Gasteiger partial charge < -0.3 is 14.9 Å². The highest BCUT2D eigenvalue weighted by Gasteiger charge is 2.29. The molecule has 1 fully saturated rings. The summed E-state index contributed by atoms with van der Waals surface area (Å²) in [4.78, 5) is 0. The first-order chi connectivity index (χ1) is 8.50. The molecule has 0 bridgehead atoms. The van der Waals surface area contributed by atoms with Crippen LogP contribution in [0.5, 0.6) is 0 Å². The van der Waals surface area contributed by atoms with Crippen molar-refractivity contribution in [3.8, 4) is 0 Å². The molecule has 1 unspecified atom stereocenters. The van der Waals surface area contributed by atoms with Gasteiger partial charge in [-0.1, -0.05) is 13.8 Å². The van der Waals surface area contributed by atoms with Crippen LogP contribution in [0.4, 0.5) is 0 Å². The van der Waals surface area contributed by atoms with Crippen molar-refractivity contribution < 1.29 is 9.15 Å². The summed E-state index contributed by atoms with van der Waals surface area (Å²) in [6.45, 7) is 7.09. The van der Waals surface area contributed by atoms with E-state index in [-0.39, 0.29) is 6.10 Å². The predicted octanol–water partition coefficient (Wildman–Crippen LogP) is 3.57. The van der Waals surface area contributed by atoms with E-state index in [1.54, 1.807) is 0 Å². The van der Waals surface area contributed by atoms with E-state index in [0.29, 0.717) is 18.1 Å². The zero-order chi connectivity index (χ0) is 13.2. The lowest BCUT2D eigenvalue weighted by Crippen LogP contribution is -2.29. The summed E-state index contributed by atoms with van der Waals surface area (Å²) >= 11 is 0. The molecule has 2 N–H and O–H groups in total. The Kier molecular flexibility index (Phi) is 4.13. The van der Waals surface area contributed by atoms with Gasteiger partial charge in [-0.3, -0.25) is 0 Å².